The van der Waals surface area contributed by atoms with E-state index in [9.17, 15) is 9.59 Å². The average Bonchev–Trinajstić information content (AvgIpc) is 3.13. The van der Waals surface area contributed by atoms with Gasteiger partial charge in [0.1, 0.15) is 17.7 Å². The van der Waals surface area contributed by atoms with Gasteiger partial charge in [0.2, 0.25) is 11.0 Å². The van der Waals surface area contributed by atoms with E-state index in [1.165, 1.54) is 11.3 Å². The van der Waals surface area contributed by atoms with Crippen molar-refractivity contribution in [2.45, 2.75) is 19.5 Å². The largest absolute Gasteiger partial charge is 0.369 e. The summed E-state index contributed by atoms with van der Waals surface area (Å²) in [5.41, 5.74) is 0. The molecule has 1 aliphatic heterocycles. The number of rotatable bonds is 4. The molecule has 0 bridgehead atoms. The van der Waals surface area contributed by atoms with E-state index in [0.29, 0.717) is 11.7 Å². The Hall–Kier alpha value is -1.84. The topological polar surface area (TPSA) is 84.4 Å². The van der Waals surface area contributed by atoms with Gasteiger partial charge in [0.15, 0.2) is 0 Å². The van der Waals surface area contributed by atoms with Crippen LogP contribution in [0.5, 0.6) is 0 Å². The summed E-state index contributed by atoms with van der Waals surface area (Å²) in [6.45, 7) is 2.41. The van der Waals surface area contributed by atoms with Gasteiger partial charge in [-0.05, 0) is 18.4 Å². The summed E-state index contributed by atoms with van der Waals surface area (Å²) in [7, 11) is 0. The van der Waals surface area contributed by atoms with Crippen LogP contribution in [0.25, 0.3) is 0 Å². The summed E-state index contributed by atoms with van der Waals surface area (Å²) < 4.78 is 5.23. The fourth-order valence-electron chi connectivity index (χ4n) is 2.13. The van der Waals surface area contributed by atoms with E-state index < -0.39 is 6.04 Å². The lowest BCUT2D eigenvalue weighted by Gasteiger charge is -2.33. The molecular weight excluding hydrogens is 324 g/mol. The molecular formula is C13H14N4O3S2. The van der Waals surface area contributed by atoms with E-state index >= 15 is 0 Å². The second-order valence-corrected chi connectivity index (χ2v) is 6.96. The molecule has 1 N–H and O–H groups in total. The predicted octanol–water partition coefficient (Wildman–Crippen LogP) is 1.27. The third-order valence-electron chi connectivity index (χ3n) is 3.16. The molecule has 2 aromatic rings. The zero-order valence-corrected chi connectivity index (χ0v) is 13.4. The van der Waals surface area contributed by atoms with Gasteiger partial charge < -0.3 is 9.64 Å². The standard InChI is InChI=1S/C13H14N4O3S2/c1-8-15-16-13(22-8)14-12(19)10-6-20-7-11(18)17(10)5-9-3-2-4-21-9/h2-4,10H,5-7H2,1H3,(H,14,16,19)/t10-/m0/s1. The molecule has 3 heterocycles. The molecule has 116 valence electrons. The van der Waals surface area contributed by atoms with Crippen molar-refractivity contribution in [3.8, 4) is 0 Å². The summed E-state index contributed by atoms with van der Waals surface area (Å²) in [6.07, 6.45) is 0. The average molecular weight is 338 g/mol. The number of aromatic nitrogens is 2. The number of nitrogens with zero attached hydrogens (tertiary/aromatic N) is 3. The molecule has 2 aromatic heterocycles. The monoisotopic (exact) mass is 338 g/mol. The van der Waals surface area contributed by atoms with Crippen LogP contribution in [0.3, 0.4) is 0 Å². The first-order valence-electron chi connectivity index (χ1n) is 6.64. The molecule has 2 amide bonds. The van der Waals surface area contributed by atoms with Crippen molar-refractivity contribution >= 4 is 39.6 Å². The number of amides is 2. The maximum Gasteiger partial charge on any atom is 0.251 e. The van der Waals surface area contributed by atoms with Gasteiger partial charge in [-0.3, -0.25) is 14.9 Å². The minimum absolute atomic E-state index is 0.00701. The van der Waals surface area contributed by atoms with Crippen LogP contribution < -0.4 is 5.32 Å². The molecule has 1 fully saturated rings. The number of thiophene rings is 1. The highest BCUT2D eigenvalue weighted by Gasteiger charge is 2.34. The Kier molecular flexibility index (Phi) is 4.46. The SMILES string of the molecule is Cc1nnc(NC(=O)[C@@H]2COCC(=O)N2Cc2cccs2)s1. The van der Waals surface area contributed by atoms with Gasteiger partial charge in [0, 0.05) is 4.88 Å². The highest BCUT2D eigenvalue weighted by molar-refractivity contribution is 7.15. The fourth-order valence-corrected chi connectivity index (χ4v) is 3.42. The second kappa shape index (κ2) is 6.51. The number of hydrogen-bond donors (Lipinski definition) is 1. The number of carbonyl (C=O) groups is 2. The number of anilines is 1. The van der Waals surface area contributed by atoms with E-state index in [1.54, 1.807) is 16.2 Å². The second-order valence-electron chi connectivity index (χ2n) is 4.75. The lowest BCUT2D eigenvalue weighted by atomic mass is 10.2. The van der Waals surface area contributed by atoms with Crippen molar-refractivity contribution in [3.05, 3.63) is 27.4 Å². The molecule has 9 heteroatoms. The molecule has 0 aliphatic carbocycles. The van der Waals surface area contributed by atoms with Crippen molar-refractivity contribution in [2.24, 2.45) is 0 Å². The Bertz CT molecular complexity index is 671. The first-order valence-corrected chi connectivity index (χ1v) is 8.33. The minimum atomic E-state index is -0.660. The maximum absolute atomic E-state index is 12.4. The quantitative estimate of drug-likeness (QED) is 0.908. The van der Waals surface area contributed by atoms with Crippen LogP contribution in [-0.2, 0) is 20.9 Å². The lowest BCUT2D eigenvalue weighted by Crippen LogP contribution is -2.54. The zero-order valence-electron chi connectivity index (χ0n) is 11.8. The minimum Gasteiger partial charge on any atom is -0.369 e. The van der Waals surface area contributed by atoms with E-state index in [2.05, 4.69) is 15.5 Å². The van der Waals surface area contributed by atoms with Crippen LogP contribution in [0.1, 0.15) is 9.88 Å². The van der Waals surface area contributed by atoms with Crippen molar-refractivity contribution in [1.29, 1.82) is 0 Å². The van der Waals surface area contributed by atoms with E-state index in [0.717, 1.165) is 9.88 Å². The van der Waals surface area contributed by atoms with Gasteiger partial charge in [-0.15, -0.1) is 21.5 Å². The summed E-state index contributed by atoms with van der Waals surface area (Å²) in [5.74, 6) is -0.492. The van der Waals surface area contributed by atoms with Crippen molar-refractivity contribution < 1.29 is 14.3 Å². The Balaban J connectivity index is 1.73. The van der Waals surface area contributed by atoms with Crippen LogP contribution in [0.4, 0.5) is 5.13 Å². The van der Waals surface area contributed by atoms with Crippen LogP contribution in [-0.4, -0.2) is 46.2 Å². The molecule has 0 spiro atoms. The van der Waals surface area contributed by atoms with Crippen LogP contribution >= 0.6 is 22.7 Å². The normalized spacial score (nSPS) is 18.5. The van der Waals surface area contributed by atoms with Gasteiger partial charge >= 0.3 is 0 Å². The molecule has 1 atom stereocenters. The van der Waals surface area contributed by atoms with Gasteiger partial charge in [-0.25, -0.2) is 0 Å². The molecule has 1 aliphatic rings. The number of aryl methyl sites for hydroxylation is 1. The number of carbonyl (C=O) groups excluding carboxylic acids is 2. The molecule has 3 rings (SSSR count). The number of hydrogen-bond acceptors (Lipinski definition) is 7. The summed E-state index contributed by atoms with van der Waals surface area (Å²) in [4.78, 5) is 27.1. The van der Waals surface area contributed by atoms with Gasteiger partial charge in [0.25, 0.3) is 5.91 Å². The highest BCUT2D eigenvalue weighted by atomic mass is 32.1. The Morgan fingerprint density at radius 1 is 1.55 bits per heavy atom. The molecule has 0 saturated carbocycles. The smallest absolute Gasteiger partial charge is 0.251 e. The molecule has 22 heavy (non-hydrogen) atoms. The number of ether oxygens (including phenoxy) is 1. The number of morpholine rings is 1. The Morgan fingerprint density at radius 3 is 3.09 bits per heavy atom. The van der Waals surface area contributed by atoms with Crippen molar-refractivity contribution in [3.63, 3.8) is 0 Å². The van der Waals surface area contributed by atoms with Crippen molar-refractivity contribution in [1.82, 2.24) is 15.1 Å². The van der Waals surface area contributed by atoms with Gasteiger partial charge in [-0.2, -0.15) is 0 Å². The summed E-state index contributed by atoms with van der Waals surface area (Å²) in [5, 5.41) is 13.6. The third-order valence-corrected chi connectivity index (χ3v) is 4.78. The van der Waals surface area contributed by atoms with Crippen molar-refractivity contribution in [2.75, 3.05) is 18.5 Å². The van der Waals surface area contributed by atoms with E-state index in [-0.39, 0.29) is 25.0 Å². The Morgan fingerprint density at radius 2 is 2.41 bits per heavy atom. The fraction of sp³-hybridized carbons (Fsp3) is 0.385. The molecule has 0 aromatic carbocycles. The molecule has 0 unspecified atom stereocenters. The van der Waals surface area contributed by atoms with E-state index in [1.807, 2.05) is 24.4 Å². The number of nitrogens with one attached hydrogen (secondary N) is 1. The van der Waals surface area contributed by atoms with Crippen LogP contribution in [0, 0.1) is 6.92 Å². The van der Waals surface area contributed by atoms with Crippen LogP contribution in [0.2, 0.25) is 0 Å². The third kappa shape index (κ3) is 3.32. The van der Waals surface area contributed by atoms with E-state index in [4.69, 9.17) is 4.74 Å². The molecule has 1 saturated heterocycles. The molecule has 0 radical (unpaired) electrons. The first-order chi connectivity index (χ1) is 10.6. The van der Waals surface area contributed by atoms with Gasteiger partial charge in [-0.1, -0.05) is 17.4 Å². The summed E-state index contributed by atoms with van der Waals surface area (Å²) >= 11 is 2.84. The Labute approximate surface area is 134 Å². The predicted molar refractivity (Wildman–Crippen MR) is 82.8 cm³/mol. The first kappa shape index (κ1) is 15.1. The zero-order chi connectivity index (χ0) is 15.5. The summed E-state index contributed by atoms with van der Waals surface area (Å²) in [6, 6.07) is 3.20. The molecule has 7 nitrogen and oxygen atoms in total. The maximum atomic E-state index is 12.4. The van der Waals surface area contributed by atoms with Crippen LogP contribution in [0.15, 0.2) is 17.5 Å². The van der Waals surface area contributed by atoms with Gasteiger partial charge in [0.05, 0.1) is 13.2 Å². The highest BCUT2D eigenvalue weighted by Crippen LogP contribution is 2.19. The lowest BCUT2D eigenvalue weighted by molar-refractivity contribution is -0.153.